The van der Waals surface area contributed by atoms with E-state index in [2.05, 4.69) is 4.90 Å². The summed E-state index contributed by atoms with van der Waals surface area (Å²) in [7, 11) is -3.57. The highest BCUT2D eigenvalue weighted by Gasteiger charge is 2.37. The number of anilines is 2. The van der Waals surface area contributed by atoms with E-state index in [4.69, 9.17) is 11.6 Å². The number of hydrogen-bond donors (Lipinski definition) is 0. The highest BCUT2D eigenvalue weighted by atomic mass is 35.5. The van der Waals surface area contributed by atoms with Gasteiger partial charge in [0.2, 0.25) is 15.9 Å². The molecule has 1 saturated carbocycles. The van der Waals surface area contributed by atoms with Gasteiger partial charge in [-0.05, 0) is 55.2 Å². The summed E-state index contributed by atoms with van der Waals surface area (Å²) in [6.07, 6.45) is 2.64. The topological polar surface area (TPSA) is 60.9 Å². The summed E-state index contributed by atoms with van der Waals surface area (Å²) in [6, 6.07) is 12.8. The van der Waals surface area contributed by atoms with Crippen LogP contribution in [0.15, 0.2) is 47.4 Å². The second-order valence-electron chi connectivity index (χ2n) is 8.15. The van der Waals surface area contributed by atoms with Crippen LogP contribution in [0, 0.1) is 5.92 Å². The Morgan fingerprint density at radius 3 is 2.37 bits per heavy atom. The Bertz CT molecular complexity index is 1090. The van der Waals surface area contributed by atoms with E-state index in [1.165, 1.54) is 0 Å². The molecule has 3 aliphatic rings. The smallest absolute Gasteiger partial charge is 0.243 e. The number of carbonyl (C=O) groups is 1. The zero-order valence-corrected chi connectivity index (χ0v) is 18.2. The van der Waals surface area contributed by atoms with Gasteiger partial charge in [-0.25, -0.2) is 8.42 Å². The van der Waals surface area contributed by atoms with Crippen molar-refractivity contribution in [1.82, 2.24) is 4.31 Å². The van der Waals surface area contributed by atoms with Crippen LogP contribution < -0.4 is 9.80 Å². The highest BCUT2D eigenvalue weighted by Crippen LogP contribution is 2.37. The lowest BCUT2D eigenvalue weighted by Crippen LogP contribution is -2.48. The average Bonchev–Trinajstić information content (AvgIpc) is 3.52. The first kappa shape index (κ1) is 19.8. The predicted molar refractivity (Wildman–Crippen MR) is 118 cm³/mol. The number of fused-ring (bicyclic) bond motifs is 1. The van der Waals surface area contributed by atoms with Gasteiger partial charge in [-0.2, -0.15) is 4.31 Å². The van der Waals surface area contributed by atoms with Crippen molar-refractivity contribution in [3.8, 4) is 0 Å². The molecule has 2 aliphatic heterocycles. The second kappa shape index (κ2) is 7.55. The molecule has 0 aromatic heterocycles. The number of piperazine rings is 1. The van der Waals surface area contributed by atoms with E-state index in [-0.39, 0.29) is 11.8 Å². The summed E-state index contributed by atoms with van der Waals surface area (Å²) in [5.74, 6) is 0.342. The van der Waals surface area contributed by atoms with Gasteiger partial charge in [0.05, 0.1) is 15.6 Å². The number of benzene rings is 2. The van der Waals surface area contributed by atoms with Crippen LogP contribution in [0.1, 0.15) is 18.4 Å². The third-order valence-corrected chi connectivity index (χ3v) is 8.42. The molecule has 0 unspecified atom stereocenters. The predicted octanol–water partition coefficient (Wildman–Crippen LogP) is 3.15. The summed E-state index contributed by atoms with van der Waals surface area (Å²) >= 11 is 6.29. The molecule has 1 aliphatic carbocycles. The Hall–Kier alpha value is -2.09. The minimum Gasteiger partial charge on any atom is -0.368 e. The van der Waals surface area contributed by atoms with Crippen molar-refractivity contribution >= 4 is 38.9 Å². The molecule has 2 aromatic rings. The first-order valence-electron chi connectivity index (χ1n) is 10.4. The Balaban J connectivity index is 1.31. The fourth-order valence-electron chi connectivity index (χ4n) is 4.34. The molecule has 2 aromatic carbocycles. The maximum absolute atomic E-state index is 13.2. The molecule has 0 radical (unpaired) electrons. The van der Waals surface area contributed by atoms with Crippen LogP contribution in [0.3, 0.4) is 0 Å². The first-order valence-corrected chi connectivity index (χ1v) is 12.2. The van der Waals surface area contributed by atoms with Gasteiger partial charge < -0.3 is 9.80 Å². The molecule has 0 spiro atoms. The van der Waals surface area contributed by atoms with E-state index in [0.717, 1.165) is 29.8 Å². The molecule has 5 rings (SSSR count). The Morgan fingerprint density at radius 1 is 0.933 bits per heavy atom. The number of halogens is 1. The van der Waals surface area contributed by atoms with E-state index in [0.29, 0.717) is 49.1 Å². The minimum atomic E-state index is -3.57. The van der Waals surface area contributed by atoms with Crippen LogP contribution in [0.2, 0.25) is 5.02 Å². The van der Waals surface area contributed by atoms with Gasteiger partial charge in [0.15, 0.2) is 0 Å². The molecule has 0 atom stereocenters. The summed E-state index contributed by atoms with van der Waals surface area (Å²) in [4.78, 5) is 16.7. The van der Waals surface area contributed by atoms with Crippen LogP contribution in [0.5, 0.6) is 0 Å². The van der Waals surface area contributed by atoms with Crippen LogP contribution in [-0.4, -0.2) is 51.4 Å². The maximum atomic E-state index is 13.2. The summed E-state index contributed by atoms with van der Waals surface area (Å²) in [5.41, 5.74) is 2.75. The number of nitrogens with zero attached hydrogens (tertiary/aromatic N) is 3. The van der Waals surface area contributed by atoms with Crippen molar-refractivity contribution in [1.29, 1.82) is 0 Å². The summed E-state index contributed by atoms with van der Waals surface area (Å²) in [5, 5.41) is 0.678. The Labute approximate surface area is 182 Å². The van der Waals surface area contributed by atoms with E-state index in [1.807, 2.05) is 29.2 Å². The molecule has 8 heteroatoms. The third kappa shape index (κ3) is 3.49. The highest BCUT2D eigenvalue weighted by molar-refractivity contribution is 7.89. The summed E-state index contributed by atoms with van der Waals surface area (Å²) < 4.78 is 28.0. The van der Waals surface area contributed by atoms with Gasteiger partial charge in [-0.3, -0.25) is 4.79 Å². The van der Waals surface area contributed by atoms with Gasteiger partial charge >= 0.3 is 0 Å². The lowest BCUT2D eigenvalue weighted by atomic mass is 10.2. The number of carbonyl (C=O) groups excluding carboxylic acids is 1. The van der Waals surface area contributed by atoms with Crippen molar-refractivity contribution in [3.63, 3.8) is 0 Å². The van der Waals surface area contributed by atoms with Crippen LogP contribution in [-0.2, 0) is 21.2 Å². The SMILES string of the molecule is O=C(C1CC1)N1CCc2cc(S(=O)(=O)N3CCN(c4ccccc4Cl)CC3)ccc21. The monoisotopic (exact) mass is 445 g/mol. The quantitative estimate of drug-likeness (QED) is 0.725. The molecule has 6 nitrogen and oxygen atoms in total. The zero-order chi connectivity index (χ0) is 20.9. The van der Waals surface area contributed by atoms with Gasteiger partial charge in [0, 0.05) is 44.3 Å². The van der Waals surface area contributed by atoms with Gasteiger partial charge in [0.1, 0.15) is 0 Å². The van der Waals surface area contributed by atoms with Gasteiger partial charge in [-0.15, -0.1) is 0 Å². The molecule has 2 heterocycles. The fraction of sp³-hybridized carbons (Fsp3) is 0.409. The normalized spacial score (nSPS) is 19.8. The van der Waals surface area contributed by atoms with Crippen molar-refractivity contribution in [2.45, 2.75) is 24.2 Å². The zero-order valence-electron chi connectivity index (χ0n) is 16.6. The number of hydrogen-bond acceptors (Lipinski definition) is 4. The molecule has 0 N–H and O–H groups in total. The summed E-state index contributed by atoms with van der Waals surface area (Å²) in [6.45, 7) is 2.66. The van der Waals surface area contributed by atoms with Crippen molar-refractivity contribution in [3.05, 3.63) is 53.1 Å². The van der Waals surface area contributed by atoms with Crippen LogP contribution >= 0.6 is 11.6 Å². The Morgan fingerprint density at radius 2 is 1.67 bits per heavy atom. The van der Waals surface area contributed by atoms with Crippen molar-refractivity contribution in [2.75, 3.05) is 42.5 Å². The fourth-order valence-corrected chi connectivity index (χ4v) is 6.07. The molecule has 30 heavy (non-hydrogen) atoms. The second-order valence-corrected chi connectivity index (χ2v) is 10.5. The number of amides is 1. The van der Waals surface area contributed by atoms with Gasteiger partial charge in [-0.1, -0.05) is 23.7 Å². The number of rotatable bonds is 4. The van der Waals surface area contributed by atoms with Crippen molar-refractivity contribution < 1.29 is 13.2 Å². The molecule has 0 bridgehead atoms. The molecular weight excluding hydrogens is 422 g/mol. The van der Waals surface area contributed by atoms with Crippen molar-refractivity contribution in [2.24, 2.45) is 5.92 Å². The molecular formula is C22H24ClN3O3S. The molecule has 1 amide bonds. The van der Waals surface area contributed by atoms with E-state index >= 15 is 0 Å². The standard InChI is InChI=1S/C22H24ClN3O3S/c23-19-3-1-2-4-21(19)24-11-13-25(14-12-24)30(28,29)18-7-8-20-17(15-18)9-10-26(20)22(27)16-5-6-16/h1-4,7-8,15-16H,5-6,9-14H2. The average molecular weight is 446 g/mol. The number of para-hydroxylation sites is 1. The largest absolute Gasteiger partial charge is 0.368 e. The minimum absolute atomic E-state index is 0.161. The molecule has 2 fully saturated rings. The van der Waals surface area contributed by atoms with E-state index in [1.54, 1.807) is 22.5 Å². The van der Waals surface area contributed by atoms with E-state index < -0.39 is 10.0 Å². The van der Waals surface area contributed by atoms with E-state index in [9.17, 15) is 13.2 Å². The maximum Gasteiger partial charge on any atom is 0.243 e. The molecule has 158 valence electrons. The lowest BCUT2D eigenvalue weighted by Gasteiger charge is -2.35. The van der Waals surface area contributed by atoms with Crippen LogP contribution in [0.25, 0.3) is 0 Å². The number of sulfonamides is 1. The first-order chi connectivity index (χ1) is 14.4. The van der Waals surface area contributed by atoms with Gasteiger partial charge in [0.25, 0.3) is 0 Å². The molecule has 1 saturated heterocycles. The van der Waals surface area contributed by atoms with Crippen LogP contribution in [0.4, 0.5) is 11.4 Å². The Kier molecular flexibility index (Phi) is 5.00. The lowest BCUT2D eigenvalue weighted by molar-refractivity contribution is -0.119. The third-order valence-electron chi connectivity index (χ3n) is 6.21.